The average molecular weight is 488 g/mol. The number of nitrogens with one attached hydrogen (secondary N) is 3. The molecule has 0 atom stereocenters. The second kappa shape index (κ2) is 14.5. The molecule has 9 nitrogen and oxygen atoms in total. The molecule has 2 aromatic carbocycles. The van der Waals surface area contributed by atoms with E-state index >= 15 is 0 Å². The quantitative estimate of drug-likeness (QED) is 0.192. The summed E-state index contributed by atoms with van der Waals surface area (Å²) < 4.78 is 15.9. The van der Waals surface area contributed by atoms with Crippen LogP contribution in [-0.4, -0.2) is 42.7 Å². The second-order valence-corrected chi connectivity index (χ2v) is 7.48. The molecule has 0 unspecified atom stereocenters. The molecular formula is C24H29N3O6S. The maximum atomic E-state index is 12.3. The number of esters is 1. The predicted octanol–water partition coefficient (Wildman–Crippen LogP) is 3.15. The molecule has 0 radical (unpaired) electrons. The van der Waals surface area contributed by atoms with Crippen molar-refractivity contribution in [2.75, 3.05) is 19.8 Å². The first-order valence-corrected chi connectivity index (χ1v) is 11.4. The third-order valence-corrected chi connectivity index (χ3v) is 4.62. The van der Waals surface area contributed by atoms with Crippen molar-refractivity contribution in [3.63, 3.8) is 0 Å². The molecule has 2 amide bonds. The molecule has 0 aliphatic carbocycles. The van der Waals surface area contributed by atoms with Crippen molar-refractivity contribution < 1.29 is 28.6 Å². The first kappa shape index (κ1) is 26.6. The molecule has 0 saturated carbocycles. The summed E-state index contributed by atoms with van der Waals surface area (Å²) in [4.78, 5) is 35.9. The van der Waals surface area contributed by atoms with Crippen LogP contribution in [0.5, 0.6) is 11.5 Å². The number of carbonyl (C=O) groups excluding carboxylic acids is 3. The Morgan fingerprint density at radius 2 is 1.44 bits per heavy atom. The van der Waals surface area contributed by atoms with Crippen molar-refractivity contribution in [3.05, 3.63) is 59.7 Å². The molecule has 0 saturated heterocycles. The summed E-state index contributed by atoms with van der Waals surface area (Å²) in [6.07, 6.45) is 3.21. The minimum Gasteiger partial charge on any atom is -0.494 e. The van der Waals surface area contributed by atoms with E-state index in [-0.39, 0.29) is 18.3 Å². The van der Waals surface area contributed by atoms with Gasteiger partial charge in [-0.3, -0.25) is 25.8 Å². The number of thiocarbonyl (C=S) groups is 1. The number of hydrogen-bond acceptors (Lipinski definition) is 7. The fraction of sp³-hybridized carbons (Fsp3) is 0.333. The maximum Gasteiger partial charge on any atom is 0.338 e. The monoisotopic (exact) mass is 487 g/mol. The van der Waals surface area contributed by atoms with E-state index in [1.807, 2.05) is 0 Å². The zero-order valence-corrected chi connectivity index (χ0v) is 20.0. The van der Waals surface area contributed by atoms with Gasteiger partial charge in [0.05, 0.1) is 18.8 Å². The Balaban J connectivity index is 1.69. The SMILES string of the molecule is CCCCCOc1ccc(C(=O)NC(=S)NNC(=O)COc2ccc(C(=O)OCC)cc2)cc1. The second-order valence-electron chi connectivity index (χ2n) is 7.07. The van der Waals surface area contributed by atoms with Crippen molar-refractivity contribution in [3.8, 4) is 11.5 Å². The molecule has 0 aliphatic rings. The Morgan fingerprint density at radius 3 is 2.06 bits per heavy atom. The van der Waals surface area contributed by atoms with Crippen LogP contribution in [-0.2, 0) is 9.53 Å². The minimum absolute atomic E-state index is 0.0722. The number of rotatable bonds is 11. The Kier molecular flexibility index (Phi) is 11.3. The Labute approximate surface area is 204 Å². The van der Waals surface area contributed by atoms with Crippen LogP contribution in [0.25, 0.3) is 0 Å². The largest absolute Gasteiger partial charge is 0.494 e. The molecule has 0 heterocycles. The van der Waals surface area contributed by atoms with Gasteiger partial charge in [0.15, 0.2) is 11.7 Å². The smallest absolute Gasteiger partial charge is 0.338 e. The molecule has 0 spiro atoms. The molecule has 2 rings (SSSR count). The third kappa shape index (κ3) is 9.45. The van der Waals surface area contributed by atoms with Gasteiger partial charge in [-0.15, -0.1) is 0 Å². The molecule has 2 aromatic rings. The minimum atomic E-state index is -0.518. The summed E-state index contributed by atoms with van der Waals surface area (Å²) >= 11 is 5.03. The zero-order valence-electron chi connectivity index (χ0n) is 19.2. The van der Waals surface area contributed by atoms with Crippen molar-refractivity contribution in [1.82, 2.24) is 16.2 Å². The normalized spacial score (nSPS) is 10.1. The van der Waals surface area contributed by atoms with Crippen LogP contribution in [0.4, 0.5) is 0 Å². The summed E-state index contributed by atoms with van der Waals surface area (Å²) in [7, 11) is 0. The standard InChI is InChI=1S/C24H29N3O6S/c1-3-5-6-15-32-19-11-7-17(8-12-19)22(29)25-24(34)27-26-21(28)16-33-20-13-9-18(10-14-20)23(30)31-4-2/h7-14H,3-6,15-16H2,1-2H3,(H,26,28)(H2,25,27,29,34). The summed E-state index contributed by atoms with van der Waals surface area (Å²) in [6.45, 7) is 4.47. The van der Waals surface area contributed by atoms with Gasteiger partial charge < -0.3 is 14.2 Å². The van der Waals surface area contributed by atoms with E-state index in [0.29, 0.717) is 29.2 Å². The van der Waals surface area contributed by atoms with Crippen LogP contribution >= 0.6 is 12.2 Å². The molecule has 182 valence electrons. The Morgan fingerprint density at radius 1 is 0.824 bits per heavy atom. The number of carbonyl (C=O) groups is 3. The van der Waals surface area contributed by atoms with Crippen LogP contribution < -0.4 is 25.6 Å². The molecule has 0 aromatic heterocycles. The van der Waals surface area contributed by atoms with Gasteiger partial charge in [-0.2, -0.15) is 0 Å². The lowest BCUT2D eigenvalue weighted by molar-refractivity contribution is -0.123. The summed E-state index contributed by atoms with van der Waals surface area (Å²) in [5.74, 6) is -0.288. The zero-order chi connectivity index (χ0) is 24.8. The number of amides is 2. The van der Waals surface area contributed by atoms with Crippen LogP contribution in [0.15, 0.2) is 48.5 Å². The van der Waals surface area contributed by atoms with E-state index in [4.69, 9.17) is 26.4 Å². The average Bonchev–Trinajstić information content (AvgIpc) is 2.85. The molecule has 0 fully saturated rings. The number of hydrazine groups is 1. The van der Waals surface area contributed by atoms with Crippen molar-refractivity contribution >= 4 is 35.1 Å². The summed E-state index contributed by atoms with van der Waals surface area (Å²) in [6, 6.07) is 12.9. The number of benzene rings is 2. The number of ether oxygens (including phenoxy) is 3. The highest BCUT2D eigenvalue weighted by molar-refractivity contribution is 7.80. The number of unbranched alkanes of at least 4 members (excludes halogenated alkanes) is 2. The van der Waals surface area contributed by atoms with Crippen molar-refractivity contribution in [2.24, 2.45) is 0 Å². The van der Waals surface area contributed by atoms with Gasteiger partial charge in [-0.1, -0.05) is 19.8 Å². The van der Waals surface area contributed by atoms with E-state index < -0.39 is 17.8 Å². The number of hydrogen-bond donors (Lipinski definition) is 3. The Hall–Kier alpha value is -3.66. The highest BCUT2D eigenvalue weighted by atomic mass is 32.1. The molecule has 0 aliphatic heterocycles. The van der Waals surface area contributed by atoms with Gasteiger partial charge in [-0.05, 0) is 74.1 Å². The fourth-order valence-electron chi connectivity index (χ4n) is 2.66. The first-order valence-electron chi connectivity index (χ1n) is 11.0. The van der Waals surface area contributed by atoms with E-state index in [1.165, 1.54) is 0 Å². The van der Waals surface area contributed by atoms with Crippen LogP contribution in [0.3, 0.4) is 0 Å². The molecule has 0 bridgehead atoms. The molecule has 10 heteroatoms. The van der Waals surface area contributed by atoms with Gasteiger partial charge >= 0.3 is 5.97 Å². The predicted molar refractivity (Wildman–Crippen MR) is 131 cm³/mol. The first-order chi connectivity index (χ1) is 16.4. The molecule has 34 heavy (non-hydrogen) atoms. The molecular weight excluding hydrogens is 458 g/mol. The lowest BCUT2D eigenvalue weighted by atomic mass is 10.2. The van der Waals surface area contributed by atoms with Gasteiger partial charge in [0, 0.05) is 5.56 Å². The summed E-state index contributed by atoms with van der Waals surface area (Å²) in [5, 5.41) is 2.40. The third-order valence-electron chi connectivity index (χ3n) is 4.41. The van der Waals surface area contributed by atoms with Gasteiger partial charge in [-0.25, -0.2) is 4.79 Å². The van der Waals surface area contributed by atoms with E-state index in [1.54, 1.807) is 55.5 Å². The van der Waals surface area contributed by atoms with Crippen molar-refractivity contribution in [2.45, 2.75) is 33.1 Å². The topological polar surface area (TPSA) is 115 Å². The van der Waals surface area contributed by atoms with E-state index in [0.717, 1.165) is 19.3 Å². The van der Waals surface area contributed by atoms with Gasteiger partial charge in [0.2, 0.25) is 0 Å². The van der Waals surface area contributed by atoms with Crippen LogP contribution in [0.1, 0.15) is 53.8 Å². The molecule has 3 N–H and O–H groups in total. The maximum absolute atomic E-state index is 12.3. The Bertz CT molecular complexity index is 964. The van der Waals surface area contributed by atoms with Crippen LogP contribution in [0, 0.1) is 0 Å². The highest BCUT2D eigenvalue weighted by Gasteiger charge is 2.10. The summed E-state index contributed by atoms with van der Waals surface area (Å²) in [5.41, 5.74) is 5.56. The lowest BCUT2D eigenvalue weighted by Gasteiger charge is -2.12. The van der Waals surface area contributed by atoms with Crippen molar-refractivity contribution in [1.29, 1.82) is 0 Å². The lowest BCUT2D eigenvalue weighted by Crippen LogP contribution is -2.49. The highest BCUT2D eigenvalue weighted by Crippen LogP contribution is 2.14. The van der Waals surface area contributed by atoms with Gasteiger partial charge in [0.25, 0.3) is 11.8 Å². The van der Waals surface area contributed by atoms with Crippen LogP contribution in [0.2, 0.25) is 0 Å². The van der Waals surface area contributed by atoms with E-state index in [9.17, 15) is 14.4 Å². The van der Waals surface area contributed by atoms with Gasteiger partial charge in [0.1, 0.15) is 11.5 Å². The van der Waals surface area contributed by atoms with E-state index in [2.05, 4.69) is 23.1 Å². The fourth-order valence-corrected chi connectivity index (χ4v) is 2.81.